The summed E-state index contributed by atoms with van der Waals surface area (Å²) in [7, 11) is 0. The summed E-state index contributed by atoms with van der Waals surface area (Å²) in [6.45, 7) is 0. The van der Waals surface area contributed by atoms with Crippen molar-refractivity contribution in [1.29, 1.82) is 0 Å². The highest BCUT2D eigenvalue weighted by molar-refractivity contribution is 6.30. The first-order valence-corrected chi connectivity index (χ1v) is 6.38. The van der Waals surface area contributed by atoms with E-state index in [-0.39, 0.29) is 17.4 Å². The molecule has 0 radical (unpaired) electrons. The number of benzene rings is 2. The van der Waals surface area contributed by atoms with E-state index in [0.29, 0.717) is 12.0 Å². The van der Waals surface area contributed by atoms with Gasteiger partial charge in [-0.2, -0.15) is 0 Å². The molecule has 0 bridgehead atoms. The fourth-order valence-electron chi connectivity index (χ4n) is 1.92. The number of hydrogen-bond donors (Lipinski definition) is 2. The van der Waals surface area contributed by atoms with E-state index in [0.717, 1.165) is 5.56 Å². The fraction of sp³-hybridized carbons (Fsp3) is 0.200. The maximum atomic E-state index is 13.1. The minimum absolute atomic E-state index is 0. The van der Waals surface area contributed by atoms with Gasteiger partial charge in [0, 0.05) is 6.42 Å². The molecule has 2 nitrogen and oxygen atoms in total. The summed E-state index contributed by atoms with van der Waals surface area (Å²) in [6.07, 6.45) is -0.305. The lowest BCUT2D eigenvalue weighted by atomic mass is 9.97. The molecule has 0 aliphatic carbocycles. The van der Waals surface area contributed by atoms with E-state index in [1.807, 2.05) is 30.3 Å². The third-order valence-corrected chi connectivity index (χ3v) is 3.32. The Kier molecular flexibility index (Phi) is 6.43. The molecule has 2 rings (SSSR count). The SMILES string of the molecule is Cl.N[C@@H](c1ccc(F)c(Cl)c1)[C@H](O)Cc1ccccc1. The second-order valence-corrected chi connectivity index (χ2v) is 4.86. The van der Waals surface area contributed by atoms with Crippen LogP contribution in [-0.4, -0.2) is 11.2 Å². The van der Waals surface area contributed by atoms with Gasteiger partial charge < -0.3 is 10.8 Å². The normalized spacial score (nSPS) is 13.4. The van der Waals surface area contributed by atoms with Crippen molar-refractivity contribution in [3.63, 3.8) is 0 Å². The molecule has 5 heteroatoms. The van der Waals surface area contributed by atoms with Gasteiger partial charge in [0.15, 0.2) is 0 Å². The van der Waals surface area contributed by atoms with Gasteiger partial charge in [-0.1, -0.05) is 48.0 Å². The first kappa shape index (κ1) is 16.9. The van der Waals surface area contributed by atoms with Crippen molar-refractivity contribution < 1.29 is 9.50 Å². The van der Waals surface area contributed by atoms with Crippen molar-refractivity contribution in [2.24, 2.45) is 5.73 Å². The van der Waals surface area contributed by atoms with Crippen LogP contribution in [0.5, 0.6) is 0 Å². The lowest BCUT2D eigenvalue weighted by Gasteiger charge is -2.19. The average molecular weight is 316 g/mol. The van der Waals surface area contributed by atoms with Gasteiger partial charge in [-0.25, -0.2) is 4.39 Å². The van der Waals surface area contributed by atoms with Gasteiger partial charge >= 0.3 is 0 Å². The van der Waals surface area contributed by atoms with Crippen LogP contribution in [0.25, 0.3) is 0 Å². The van der Waals surface area contributed by atoms with Crippen molar-refractivity contribution in [2.75, 3.05) is 0 Å². The zero-order chi connectivity index (χ0) is 13.8. The van der Waals surface area contributed by atoms with Crippen LogP contribution in [0.2, 0.25) is 5.02 Å². The van der Waals surface area contributed by atoms with Crippen LogP contribution in [0, 0.1) is 5.82 Å². The quantitative estimate of drug-likeness (QED) is 0.907. The Morgan fingerprint density at radius 2 is 1.80 bits per heavy atom. The Hall–Kier alpha value is -1.13. The number of rotatable bonds is 4. The van der Waals surface area contributed by atoms with Gasteiger partial charge in [0.25, 0.3) is 0 Å². The molecule has 2 aromatic rings. The second kappa shape index (κ2) is 7.60. The molecule has 0 spiro atoms. The fourth-order valence-corrected chi connectivity index (χ4v) is 2.11. The highest BCUT2D eigenvalue weighted by atomic mass is 35.5. The molecule has 3 N–H and O–H groups in total. The van der Waals surface area contributed by atoms with Crippen molar-refractivity contribution in [2.45, 2.75) is 18.6 Å². The molecule has 108 valence electrons. The summed E-state index contributed by atoms with van der Waals surface area (Å²) in [5, 5.41) is 10.1. The van der Waals surface area contributed by atoms with Crippen LogP contribution >= 0.6 is 24.0 Å². The smallest absolute Gasteiger partial charge is 0.141 e. The third-order valence-electron chi connectivity index (χ3n) is 3.03. The van der Waals surface area contributed by atoms with Gasteiger partial charge in [-0.05, 0) is 23.3 Å². The standard InChI is InChI=1S/C15H15ClFNO.ClH/c16-12-9-11(6-7-13(12)17)15(18)14(19)8-10-4-2-1-3-5-10;/h1-7,9,14-15,19H,8,18H2;1H/t14-,15+;/m1./s1. The first-order chi connectivity index (χ1) is 9.08. The average Bonchev–Trinajstić information content (AvgIpc) is 2.42. The second-order valence-electron chi connectivity index (χ2n) is 4.46. The minimum Gasteiger partial charge on any atom is -0.391 e. The monoisotopic (exact) mass is 315 g/mol. The minimum atomic E-state index is -0.746. The third kappa shape index (κ3) is 4.18. The molecule has 20 heavy (non-hydrogen) atoms. The predicted molar refractivity (Wildman–Crippen MR) is 81.7 cm³/mol. The van der Waals surface area contributed by atoms with E-state index in [1.54, 1.807) is 6.07 Å². The van der Waals surface area contributed by atoms with Gasteiger partial charge in [0.1, 0.15) is 5.82 Å². The van der Waals surface area contributed by atoms with E-state index in [2.05, 4.69) is 0 Å². The molecular formula is C15H16Cl2FNO. The van der Waals surface area contributed by atoms with Crippen LogP contribution in [0.1, 0.15) is 17.2 Å². The van der Waals surface area contributed by atoms with Gasteiger partial charge in [-0.15, -0.1) is 12.4 Å². The molecule has 0 amide bonds. The largest absolute Gasteiger partial charge is 0.391 e. The highest BCUT2D eigenvalue weighted by Gasteiger charge is 2.18. The van der Waals surface area contributed by atoms with Crippen LogP contribution < -0.4 is 5.73 Å². The molecule has 2 aromatic carbocycles. The number of aliphatic hydroxyl groups excluding tert-OH is 1. The maximum Gasteiger partial charge on any atom is 0.141 e. The molecule has 0 aliphatic rings. The predicted octanol–water partition coefficient (Wildman–Crippen LogP) is 3.50. The first-order valence-electron chi connectivity index (χ1n) is 6.00. The zero-order valence-corrected chi connectivity index (χ0v) is 12.2. The van der Waals surface area contributed by atoms with E-state index >= 15 is 0 Å². The van der Waals surface area contributed by atoms with Crippen LogP contribution in [0.3, 0.4) is 0 Å². The highest BCUT2D eigenvalue weighted by Crippen LogP contribution is 2.23. The summed E-state index contributed by atoms with van der Waals surface area (Å²) in [5.41, 5.74) is 7.59. The molecule has 0 aliphatic heterocycles. The summed E-state index contributed by atoms with van der Waals surface area (Å²) in [4.78, 5) is 0. The number of hydrogen-bond acceptors (Lipinski definition) is 2. The molecule has 0 saturated carbocycles. The Labute approximate surface area is 128 Å². The Bertz CT molecular complexity index is 551. The van der Waals surface area contributed by atoms with Gasteiger partial charge in [0.05, 0.1) is 17.2 Å². The van der Waals surface area contributed by atoms with Crippen molar-refractivity contribution in [3.05, 3.63) is 70.5 Å². The van der Waals surface area contributed by atoms with Crippen LogP contribution in [0.15, 0.2) is 48.5 Å². The molecule has 0 heterocycles. The molecular weight excluding hydrogens is 300 g/mol. The van der Waals surface area contributed by atoms with E-state index in [4.69, 9.17) is 17.3 Å². The Balaban J connectivity index is 0.00000200. The summed E-state index contributed by atoms with van der Waals surface area (Å²) in [6, 6.07) is 13.2. The van der Waals surface area contributed by atoms with Crippen LogP contribution in [0.4, 0.5) is 4.39 Å². The lowest BCUT2D eigenvalue weighted by Crippen LogP contribution is -2.28. The summed E-state index contributed by atoms with van der Waals surface area (Å²) in [5.74, 6) is -0.491. The molecule has 0 saturated heterocycles. The van der Waals surface area contributed by atoms with Crippen molar-refractivity contribution in [3.8, 4) is 0 Å². The molecule has 0 aromatic heterocycles. The summed E-state index contributed by atoms with van der Waals surface area (Å²) < 4.78 is 13.1. The van der Waals surface area contributed by atoms with Crippen LogP contribution in [-0.2, 0) is 6.42 Å². The summed E-state index contributed by atoms with van der Waals surface area (Å²) >= 11 is 5.71. The van der Waals surface area contributed by atoms with Crippen molar-refractivity contribution >= 4 is 24.0 Å². The maximum absolute atomic E-state index is 13.1. The van der Waals surface area contributed by atoms with E-state index < -0.39 is 18.0 Å². The molecule has 0 unspecified atom stereocenters. The Morgan fingerprint density at radius 3 is 2.40 bits per heavy atom. The van der Waals surface area contributed by atoms with E-state index in [9.17, 15) is 9.50 Å². The lowest BCUT2D eigenvalue weighted by molar-refractivity contribution is 0.145. The van der Waals surface area contributed by atoms with Gasteiger partial charge in [-0.3, -0.25) is 0 Å². The number of halogens is 3. The molecule has 0 fully saturated rings. The Morgan fingerprint density at radius 1 is 1.15 bits per heavy atom. The molecule has 2 atom stereocenters. The van der Waals surface area contributed by atoms with Crippen molar-refractivity contribution in [1.82, 2.24) is 0 Å². The topological polar surface area (TPSA) is 46.2 Å². The van der Waals surface area contributed by atoms with E-state index in [1.165, 1.54) is 12.1 Å². The number of nitrogens with two attached hydrogens (primary N) is 1. The van der Waals surface area contributed by atoms with Gasteiger partial charge in [0.2, 0.25) is 0 Å². The number of aliphatic hydroxyl groups is 1. The zero-order valence-electron chi connectivity index (χ0n) is 10.7.